The quantitative estimate of drug-likeness (QED) is 0.884. The molecule has 2 aromatic rings. The second-order valence-electron chi connectivity index (χ2n) is 5.14. The average Bonchev–Trinajstić information content (AvgIpc) is 2.67. The summed E-state index contributed by atoms with van der Waals surface area (Å²) in [6.07, 6.45) is 1.16. The summed E-state index contributed by atoms with van der Waals surface area (Å²) in [5.41, 5.74) is 10.7. The Bertz CT molecular complexity index is 600. The van der Waals surface area contributed by atoms with E-state index in [1.165, 1.54) is 11.1 Å². The van der Waals surface area contributed by atoms with Gasteiger partial charge in [-0.1, -0.05) is 24.3 Å². The van der Waals surface area contributed by atoms with E-state index in [-0.39, 0.29) is 0 Å². The number of nitrogens with zero attached hydrogens (tertiary/aromatic N) is 2. The molecule has 1 aromatic heterocycles. The molecule has 0 bridgehead atoms. The first-order valence-corrected chi connectivity index (χ1v) is 6.85. The maximum atomic E-state index is 6.07. The summed E-state index contributed by atoms with van der Waals surface area (Å²) in [4.78, 5) is 0. The fourth-order valence-electron chi connectivity index (χ4n) is 2.78. The third kappa shape index (κ3) is 1.97. The van der Waals surface area contributed by atoms with Crippen LogP contribution in [0.1, 0.15) is 29.7 Å². The molecule has 1 aromatic carbocycles. The second-order valence-corrected chi connectivity index (χ2v) is 5.14. The number of rotatable bonds is 4. The van der Waals surface area contributed by atoms with Gasteiger partial charge in [0.1, 0.15) is 5.82 Å². The van der Waals surface area contributed by atoms with Gasteiger partial charge in [-0.25, -0.2) is 4.68 Å². The number of nitrogens with two attached hydrogens (primary N) is 1. The van der Waals surface area contributed by atoms with E-state index in [1.807, 2.05) is 11.6 Å². The van der Waals surface area contributed by atoms with Crippen LogP contribution < -0.4 is 11.1 Å². The lowest BCUT2D eigenvalue weighted by Crippen LogP contribution is -2.25. The largest absolute Gasteiger partial charge is 0.394 e. The Morgan fingerprint density at radius 1 is 1.42 bits per heavy atom. The highest BCUT2D eigenvalue weighted by Crippen LogP contribution is 2.35. The van der Waals surface area contributed by atoms with Crippen LogP contribution >= 0.6 is 0 Å². The molecule has 0 spiro atoms. The summed E-state index contributed by atoms with van der Waals surface area (Å²) in [5.74, 6) is 1.56. The molecule has 19 heavy (non-hydrogen) atoms. The molecule has 3 N–H and O–H groups in total. The molecule has 4 heteroatoms. The van der Waals surface area contributed by atoms with Crippen LogP contribution in [0.15, 0.2) is 24.3 Å². The molecule has 4 nitrogen and oxygen atoms in total. The van der Waals surface area contributed by atoms with Gasteiger partial charge in [0, 0.05) is 19.0 Å². The summed E-state index contributed by atoms with van der Waals surface area (Å²) in [7, 11) is 0. The Kier molecular flexibility index (Phi) is 2.93. The minimum Gasteiger partial charge on any atom is -0.394 e. The number of aryl methyl sites for hydroxylation is 2. The van der Waals surface area contributed by atoms with Crippen molar-refractivity contribution < 1.29 is 0 Å². The zero-order chi connectivity index (χ0) is 13.4. The Labute approximate surface area is 113 Å². The third-order valence-corrected chi connectivity index (χ3v) is 3.95. The number of hydrogen-bond acceptors (Lipinski definition) is 3. The minimum absolute atomic E-state index is 0.594. The summed E-state index contributed by atoms with van der Waals surface area (Å²) < 4.78 is 1.94. The van der Waals surface area contributed by atoms with Gasteiger partial charge in [-0.15, -0.1) is 0 Å². The monoisotopic (exact) mass is 256 g/mol. The lowest BCUT2D eigenvalue weighted by atomic mass is 9.77. The van der Waals surface area contributed by atoms with E-state index in [0.717, 1.165) is 36.7 Å². The van der Waals surface area contributed by atoms with Crippen molar-refractivity contribution >= 4 is 11.5 Å². The molecule has 0 aliphatic heterocycles. The molecule has 0 fully saturated rings. The van der Waals surface area contributed by atoms with Crippen molar-refractivity contribution in [2.75, 3.05) is 17.6 Å². The van der Waals surface area contributed by atoms with E-state index in [2.05, 4.69) is 41.6 Å². The van der Waals surface area contributed by atoms with Gasteiger partial charge < -0.3 is 11.1 Å². The first-order valence-electron chi connectivity index (χ1n) is 6.85. The SMILES string of the molecule is CCn1nc(C)c(N)c1NCC1Cc2ccccc21. The Balaban J connectivity index is 1.71. The van der Waals surface area contributed by atoms with Crippen molar-refractivity contribution in [3.8, 4) is 0 Å². The normalized spacial score (nSPS) is 16.8. The predicted molar refractivity (Wildman–Crippen MR) is 78.4 cm³/mol. The van der Waals surface area contributed by atoms with Crippen LogP contribution in [0, 0.1) is 6.92 Å². The van der Waals surface area contributed by atoms with Crippen molar-refractivity contribution in [1.82, 2.24) is 9.78 Å². The average molecular weight is 256 g/mol. The smallest absolute Gasteiger partial charge is 0.148 e. The van der Waals surface area contributed by atoms with Crippen LogP contribution in [0.4, 0.5) is 11.5 Å². The molecule has 0 radical (unpaired) electrons. The number of hydrogen-bond donors (Lipinski definition) is 2. The van der Waals surface area contributed by atoms with Crippen LogP contribution in [-0.4, -0.2) is 16.3 Å². The van der Waals surface area contributed by atoms with Gasteiger partial charge in [0.2, 0.25) is 0 Å². The van der Waals surface area contributed by atoms with E-state index in [0.29, 0.717) is 5.92 Å². The summed E-state index contributed by atoms with van der Waals surface area (Å²) in [6.45, 7) is 5.79. The zero-order valence-corrected chi connectivity index (χ0v) is 11.5. The van der Waals surface area contributed by atoms with Gasteiger partial charge in [-0.3, -0.25) is 0 Å². The highest BCUT2D eigenvalue weighted by molar-refractivity contribution is 5.65. The molecule has 0 saturated carbocycles. The highest BCUT2D eigenvalue weighted by Gasteiger charge is 2.25. The number of anilines is 2. The fourth-order valence-corrected chi connectivity index (χ4v) is 2.78. The van der Waals surface area contributed by atoms with Crippen molar-refractivity contribution in [3.63, 3.8) is 0 Å². The molecule has 1 aliphatic carbocycles. The molecule has 1 atom stereocenters. The number of aromatic nitrogens is 2. The standard InChI is InChI=1S/C15H20N4/c1-3-19-15(14(16)10(2)18-19)17-9-12-8-11-6-4-5-7-13(11)12/h4-7,12,17H,3,8-9,16H2,1-2H3. The Morgan fingerprint density at radius 2 is 2.21 bits per heavy atom. The van der Waals surface area contributed by atoms with Crippen LogP contribution in [0.3, 0.4) is 0 Å². The van der Waals surface area contributed by atoms with E-state index in [9.17, 15) is 0 Å². The van der Waals surface area contributed by atoms with E-state index >= 15 is 0 Å². The molecular formula is C15H20N4. The summed E-state index contributed by atoms with van der Waals surface area (Å²) in [6, 6.07) is 8.65. The highest BCUT2D eigenvalue weighted by atomic mass is 15.3. The van der Waals surface area contributed by atoms with Crippen molar-refractivity contribution in [1.29, 1.82) is 0 Å². The number of benzene rings is 1. The van der Waals surface area contributed by atoms with Gasteiger partial charge in [0.15, 0.2) is 0 Å². The zero-order valence-electron chi connectivity index (χ0n) is 11.5. The van der Waals surface area contributed by atoms with Crippen LogP contribution in [0.25, 0.3) is 0 Å². The molecule has 1 aliphatic rings. The van der Waals surface area contributed by atoms with E-state index in [1.54, 1.807) is 0 Å². The predicted octanol–water partition coefficient (Wildman–Crippen LogP) is 2.55. The molecule has 3 rings (SSSR count). The first kappa shape index (κ1) is 12.1. The number of nitrogen functional groups attached to an aromatic ring is 1. The van der Waals surface area contributed by atoms with Crippen LogP contribution in [-0.2, 0) is 13.0 Å². The fraction of sp³-hybridized carbons (Fsp3) is 0.400. The van der Waals surface area contributed by atoms with Gasteiger partial charge in [-0.05, 0) is 31.4 Å². The maximum absolute atomic E-state index is 6.07. The summed E-state index contributed by atoms with van der Waals surface area (Å²) in [5, 5.41) is 7.90. The van der Waals surface area contributed by atoms with Crippen molar-refractivity contribution in [3.05, 3.63) is 41.1 Å². The van der Waals surface area contributed by atoms with Gasteiger partial charge >= 0.3 is 0 Å². The number of fused-ring (bicyclic) bond motifs is 1. The molecule has 1 unspecified atom stereocenters. The van der Waals surface area contributed by atoms with Gasteiger partial charge in [0.05, 0.1) is 11.4 Å². The van der Waals surface area contributed by atoms with Crippen LogP contribution in [0.2, 0.25) is 0 Å². The van der Waals surface area contributed by atoms with Crippen LogP contribution in [0.5, 0.6) is 0 Å². The maximum Gasteiger partial charge on any atom is 0.148 e. The van der Waals surface area contributed by atoms with E-state index < -0.39 is 0 Å². The lowest BCUT2D eigenvalue weighted by molar-refractivity contribution is 0.618. The van der Waals surface area contributed by atoms with Crippen molar-refractivity contribution in [2.45, 2.75) is 32.7 Å². The minimum atomic E-state index is 0.594. The molecule has 0 saturated heterocycles. The Morgan fingerprint density at radius 3 is 2.95 bits per heavy atom. The molecular weight excluding hydrogens is 236 g/mol. The lowest BCUT2D eigenvalue weighted by Gasteiger charge is -2.30. The van der Waals surface area contributed by atoms with Gasteiger partial charge in [0.25, 0.3) is 0 Å². The Hall–Kier alpha value is -1.97. The third-order valence-electron chi connectivity index (χ3n) is 3.95. The summed E-state index contributed by atoms with van der Waals surface area (Å²) >= 11 is 0. The first-order chi connectivity index (χ1) is 9.20. The number of nitrogens with one attached hydrogen (secondary N) is 1. The molecule has 0 amide bonds. The molecule has 100 valence electrons. The van der Waals surface area contributed by atoms with E-state index in [4.69, 9.17) is 5.73 Å². The van der Waals surface area contributed by atoms with Gasteiger partial charge in [-0.2, -0.15) is 5.10 Å². The second kappa shape index (κ2) is 4.61. The molecule has 1 heterocycles. The van der Waals surface area contributed by atoms with Crippen molar-refractivity contribution in [2.24, 2.45) is 0 Å². The topological polar surface area (TPSA) is 55.9 Å².